The van der Waals surface area contributed by atoms with Gasteiger partial charge in [0, 0.05) is 43.3 Å². The van der Waals surface area contributed by atoms with Crippen molar-refractivity contribution in [2.24, 2.45) is 0 Å². The van der Waals surface area contributed by atoms with Gasteiger partial charge in [-0.05, 0) is 31.5 Å². The summed E-state index contributed by atoms with van der Waals surface area (Å²) in [6.45, 7) is 13.3. The van der Waals surface area contributed by atoms with Crippen molar-refractivity contribution in [1.82, 2.24) is 4.90 Å². The first kappa shape index (κ1) is 15.3. The molecule has 1 aliphatic rings. The lowest BCUT2D eigenvalue weighted by Gasteiger charge is -2.38. The van der Waals surface area contributed by atoms with Crippen molar-refractivity contribution in [3.63, 3.8) is 0 Å². The predicted octanol–water partition coefficient (Wildman–Crippen LogP) is 2.49. The molecule has 1 N–H and O–H groups in total. The number of piperazine rings is 1. The molecule has 0 atom stereocenters. The highest BCUT2D eigenvalue weighted by Crippen LogP contribution is 2.27. The molecule has 2 rings (SSSR count). The summed E-state index contributed by atoms with van der Waals surface area (Å²) in [5.74, 6) is 0. The largest absolute Gasteiger partial charge is 0.395 e. The van der Waals surface area contributed by atoms with Gasteiger partial charge < -0.3 is 10.0 Å². The van der Waals surface area contributed by atoms with Crippen LogP contribution in [-0.2, 0) is 5.41 Å². The molecule has 0 aliphatic carbocycles. The molecule has 0 saturated carbocycles. The molecule has 1 saturated heterocycles. The van der Waals surface area contributed by atoms with Gasteiger partial charge >= 0.3 is 0 Å². The Bertz CT molecular complexity index is 434. The molecule has 1 aliphatic heterocycles. The van der Waals surface area contributed by atoms with E-state index in [0.717, 1.165) is 26.2 Å². The van der Waals surface area contributed by atoms with E-state index in [0.29, 0.717) is 6.04 Å². The minimum atomic E-state index is -0.171. The quantitative estimate of drug-likeness (QED) is 0.915. The summed E-state index contributed by atoms with van der Waals surface area (Å²) in [5, 5.41) is 9.52. The molecule has 0 radical (unpaired) electrons. The molecule has 3 nitrogen and oxygen atoms in total. The summed E-state index contributed by atoms with van der Waals surface area (Å²) >= 11 is 0. The molecule has 3 heteroatoms. The zero-order chi connectivity index (χ0) is 14.8. The number of rotatable bonds is 4. The molecule has 0 bridgehead atoms. The van der Waals surface area contributed by atoms with Crippen LogP contribution in [0.3, 0.4) is 0 Å². The van der Waals surface area contributed by atoms with Crippen molar-refractivity contribution >= 4 is 5.69 Å². The van der Waals surface area contributed by atoms with Gasteiger partial charge in [-0.2, -0.15) is 0 Å². The fourth-order valence-electron chi connectivity index (χ4n) is 2.71. The fraction of sp³-hybridized carbons (Fsp3) is 0.647. The van der Waals surface area contributed by atoms with Crippen LogP contribution in [-0.4, -0.2) is 48.8 Å². The summed E-state index contributed by atoms with van der Waals surface area (Å²) in [7, 11) is 0. The second kappa shape index (κ2) is 6.15. The monoisotopic (exact) mass is 276 g/mol. The second-order valence-electron chi connectivity index (χ2n) is 6.71. The maximum Gasteiger partial charge on any atom is 0.0522 e. The Labute approximate surface area is 123 Å². The molecule has 112 valence electrons. The third kappa shape index (κ3) is 3.33. The highest BCUT2D eigenvalue weighted by Gasteiger charge is 2.22. The number of benzene rings is 1. The number of anilines is 1. The van der Waals surface area contributed by atoms with Crippen molar-refractivity contribution in [2.75, 3.05) is 37.7 Å². The zero-order valence-corrected chi connectivity index (χ0v) is 13.3. The zero-order valence-electron chi connectivity index (χ0n) is 13.3. The molecular weight excluding hydrogens is 248 g/mol. The van der Waals surface area contributed by atoms with Gasteiger partial charge in [0.25, 0.3) is 0 Å². The lowest BCUT2D eigenvalue weighted by atomic mass is 9.85. The lowest BCUT2D eigenvalue weighted by Crippen LogP contribution is -2.48. The van der Waals surface area contributed by atoms with E-state index in [9.17, 15) is 5.11 Å². The van der Waals surface area contributed by atoms with Gasteiger partial charge in [0.05, 0.1) is 6.61 Å². The van der Waals surface area contributed by atoms with E-state index in [2.05, 4.69) is 61.8 Å². The Morgan fingerprint density at radius 3 is 2.35 bits per heavy atom. The van der Waals surface area contributed by atoms with E-state index in [1.165, 1.54) is 11.3 Å². The number of aliphatic hydroxyl groups is 1. The van der Waals surface area contributed by atoms with E-state index in [1.807, 2.05) is 0 Å². The molecule has 0 unspecified atom stereocenters. The predicted molar refractivity (Wildman–Crippen MR) is 85.5 cm³/mol. The van der Waals surface area contributed by atoms with Crippen molar-refractivity contribution in [3.8, 4) is 0 Å². The number of hydrogen-bond donors (Lipinski definition) is 1. The maximum absolute atomic E-state index is 9.52. The third-order valence-electron chi connectivity index (χ3n) is 4.43. The van der Waals surface area contributed by atoms with Crippen LogP contribution in [0.25, 0.3) is 0 Å². The first-order chi connectivity index (χ1) is 9.44. The van der Waals surface area contributed by atoms with Crippen molar-refractivity contribution in [1.29, 1.82) is 0 Å². The van der Waals surface area contributed by atoms with Crippen LogP contribution in [0.5, 0.6) is 0 Å². The van der Waals surface area contributed by atoms with E-state index >= 15 is 0 Å². The van der Waals surface area contributed by atoms with Crippen LogP contribution in [0.2, 0.25) is 0 Å². The van der Waals surface area contributed by atoms with Gasteiger partial charge in [0.15, 0.2) is 0 Å². The van der Waals surface area contributed by atoms with Crippen LogP contribution in [0, 0.1) is 0 Å². The topological polar surface area (TPSA) is 26.7 Å². The van der Waals surface area contributed by atoms with Crippen LogP contribution >= 0.6 is 0 Å². The normalized spacial score (nSPS) is 17.8. The molecule has 1 heterocycles. The second-order valence-corrected chi connectivity index (χ2v) is 6.71. The van der Waals surface area contributed by atoms with E-state index in [1.54, 1.807) is 0 Å². The molecular formula is C17H28N2O. The third-order valence-corrected chi connectivity index (χ3v) is 4.43. The van der Waals surface area contributed by atoms with Gasteiger partial charge in [-0.15, -0.1) is 0 Å². The standard InChI is InChI=1S/C17H28N2O/c1-14(2)18-8-10-19(11-9-18)16-7-5-6-15(12-16)17(3,4)13-20/h5-7,12,14,20H,8-11,13H2,1-4H3. The Balaban J connectivity index is 2.09. The van der Waals surface area contributed by atoms with Gasteiger partial charge in [-0.25, -0.2) is 0 Å². The highest BCUT2D eigenvalue weighted by atomic mass is 16.3. The fourth-order valence-corrected chi connectivity index (χ4v) is 2.71. The molecule has 1 aromatic rings. The van der Waals surface area contributed by atoms with Gasteiger partial charge in [0.1, 0.15) is 0 Å². The summed E-state index contributed by atoms with van der Waals surface area (Å²) in [5.41, 5.74) is 2.33. The first-order valence-electron chi connectivity index (χ1n) is 7.64. The Morgan fingerprint density at radius 2 is 1.80 bits per heavy atom. The summed E-state index contributed by atoms with van der Waals surface area (Å²) in [6.07, 6.45) is 0. The number of hydrogen-bond acceptors (Lipinski definition) is 3. The minimum absolute atomic E-state index is 0.171. The number of nitrogens with zero attached hydrogens (tertiary/aromatic N) is 2. The molecule has 0 amide bonds. The van der Waals surface area contributed by atoms with E-state index in [4.69, 9.17) is 0 Å². The van der Waals surface area contributed by atoms with Crippen molar-refractivity contribution < 1.29 is 5.11 Å². The average Bonchev–Trinajstić information content (AvgIpc) is 2.47. The van der Waals surface area contributed by atoms with E-state index in [-0.39, 0.29) is 12.0 Å². The molecule has 1 fully saturated rings. The number of aliphatic hydroxyl groups excluding tert-OH is 1. The summed E-state index contributed by atoms with van der Waals surface area (Å²) < 4.78 is 0. The molecule has 1 aromatic carbocycles. The molecule has 20 heavy (non-hydrogen) atoms. The average molecular weight is 276 g/mol. The molecule has 0 spiro atoms. The van der Waals surface area contributed by atoms with Gasteiger partial charge in [0.2, 0.25) is 0 Å². The first-order valence-corrected chi connectivity index (χ1v) is 7.64. The van der Waals surface area contributed by atoms with Crippen LogP contribution < -0.4 is 4.90 Å². The van der Waals surface area contributed by atoms with Crippen LogP contribution in [0.4, 0.5) is 5.69 Å². The highest BCUT2D eigenvalue weighted by molar-refractivity contribution is 5.50. The Kier molecular flexibility index (Phi) is 4.71. The van der Waals surface area contributed by atoms with Crippen molar-refractivity contribution in [2.45, 2.75) is 39.2 Å². The van der Waals surface area contributed by atoms with Crippen molar-refractivity contribution in [3.05, 3.63) is 29.8 Å². The Hall–Kier alpha value is -1.06. The Morgan fingerprint density at radius 1 is 1.15 bits per heavy atom. The summed E-state index contributed by atoms with van der Waals surface area (Å²) in [6, 6.07) is 9.28. The summed E-state index contributed by atoms with van der Waals surface area (Å²) in [4.78, 5) is 4.98. The molecule has 0 aromatic heterocycles. The minimum Gasteiger partial charge on any atom is -0.395 e. The SMILES string of the molecule is CC(C)N1CCN(c2cccc(C(C)(C)CO)c2)CC1. The smallest absolute Gasteiger partial charge is 0.0522 e. The van der Waals surface area contributed by atoms with Gasteiger partial charge in [-0.1, -0.05) is 26.0 Å². The van der Waals surface area contributed by atoms with Crippen LogP contribution in [0.1, 0.15) is 33.3 Å². The lowest BCUT2D eigenvalue weighted by molar-refractivity contribution is 0.209. The van der Waals surface area contributed by atoms with Gasteiger partial charge in [-0.3, -0.25) is 4.90 Å². The van der Waals surface area contributed by atoms with E-state index < -0.39 is 0 Å². The van der Waals surface area contributed by atoms with Crippen LogP contribution in [0.15, 0.2) is 24.3 Å². The maximum atomic E-state index is 9.52.